The molecule has 8 rings (SSSR count). The minimum atomic E-state index is -2.80. The zero-order valence-electron chi connectivity index (χ0n) is 24.3. The summed E-state index contributed by atoms with van der Waals surface area (Å²) in [6, 6.07) is 2.20. The fraction of sp³-hybridized carbons (Fsp3) is 0.667. The van der Waals surface area contributed by atoms with E-state index in [1.807, 2.05) is 6.07 Å². The fourth-order valence-corrected chi connectivity index (χ4v) is 7.90. The second kappa shape index (κ2) is 10.8. The van der Waals surface area contributed by atoms with Gasteiger partial charge < -0.3 is 25.2 Å². The minimum absolute atomic E-state index is 0.0411. The van der Waals surface area contributed by atoms with Crippen LogP contribution in [0, 0.1) is 11.3 Å². The van der Waals surface area contributed by atoms with E-state index in [1.165, 1.54) is 49.7 Å². The molecular weight excluding hydrogens is 556 g/mol. The predicted molar refractivity (Wildman–Crippen MR) is 156 cm³/mol. The number of piperidine rings is 1. The molecule has 11 nitrogen and oxygen atoms in total. The molecule has 0 aromatic carbocycles. The van der Waals surface area contributed by atoms with E-state index in [0.29, 0.717) is 23.6 Å². The van der Waals surface area contributed by atoms with Crippen molar-refractivity contribution in [3.8, 4) is 0 Å². The zero-order valence-corrected chi connectivity index (χ0v) is 24.3. The number of morpholine rings is 1. The van der Waals surface area contributed by atoms with Gasteiger partial charge in [0.05, 0.1) is 36.7 Å². The number of aromatic nitrogens is 5. The molecular formula is C30H39F2N9O2. The molecule has 0 radical (unpaired) electrons. The number of anilines is 2. The molecule has 2 bridgehead atoms. The topological polar surface area (TPSA) is 105 Å². The Morgan fingerprint density at radius 3 is 2.65 bits per heavy atom. The number of nitrogens with zero attached hydrogens (tertiary/aromatic N) is 7. The van der Waals surface area contributed by atoms with Crippen LogP contribution in [-0.2, 0) is 4.74 Å². The fourth-order valence-electron chi connectivity index (χ4n) is 7.90. The normalized spacial score (nSPS) is 28.7. The molecule has 1 amide bonds. The van der Waals surface area contributed by atoms with Crippen molar-refractivity contribution in [3.63, 3.8) is 0 Å². The Morgan fingerprint density at radius 1 is 1.16 bits per heavy atom. The van der Waals surface area contributed by atoms with Crippen LogP contribution in [0.15, 0.2) is 24.7 Å². The summed E-state index contributed by atoms with van der Waals surface area (Å²) in [5.74, 6) is 0.858. The van der Waals surface area contributed by atoms with Gasteiger partial charge in [0.15, 0.2) is 11.3 Å². The van der Waals surface area contributed by atoms with Gasteiger partial charge in [0.1, 0.15) is 11.4 Å². The second-order valence-corrected chi connectivity index (χ2v) is 13.4. The molecule has 7 heterocycles. The lowest BCUT2D eigenvalue weighted by Gasteiger charge is -2.49. The summed E-state index contributed by atoms with van der Waals surface area (Å²) in [5.41, 5.74) is 0.808. The van der Waals surface area contributed by atoms with Crippen LogP contribution in [0.2, 0.25) is 0 Å². The largest absolute Gasteiger partial charge is 0.374 e. The van der Waals surface area contributed by atoms with Gasteiger partial charge in [-0.15, -0.1) is 0 Å². The first-order chi connectivity index (χ1) is 20.9. The van der Waals surface area contributed by atoms with Crippen LogP contribution in [-0.4, -0.2) is 93.2 Å². The first kappa shape index (κ1) is 27.4. The molecule has 0 unspecified atom stereocenters. The number of carbonyl (C=O) groups excluding carboxylic acids is 1. The van der Waals surface area contributed by atoms with Gasteiger partial charge in [0.2, 0.25) is 0 Å². The van der Waals surface area contributed by atoms with E-state index in [0.717, 1.165) is 51.0 Å². The summed E-state index contributed by atoms with van der Waals surface area (Å²) < 4.78 is 37.0. The first-order valence-electron chi connectivity index (χ1n) is 15.8. The van der Waals surface area contributed by atoms with Crippen molar-refractivity contribution in [2.24, 2.45) is 11.3 Å². The lowest BCUT2D eigenvalue weighted by Crippen LogP contribution is -2.58. The number of hydrogen-bond acceptors (Lipinski definition) is 8. The lowest BCUT2D eigenvalue weighted by molar-refractivity contribution is 0.0435. The van der Waals surface area contributed by atoms with Crippen molar-refractivity contribution in [3.05, 3.63) is 35.9 Å². The Labute approximate surface area is 248 Å². The smallest absolute Gasteiger partial charge is 0.284 e. The van der Waals surface area contributed by atoms with Gasteiger partial charge in [-0.25, -0.2) is 18.3 Å². The Kier molecular flexibility index (Phi) is 6.86. The van der Waals surface area contributed by atoms with Crippen LogP contribution in [0.5, 0.6) is 0 Å². The molecule has 2 N–H and O–H groups in total. The molecule has 1 saturated carbocycles. The summed E-state index contributed by atoms with van der Waals surface area (Å²) >= 11 is 0. The quantitative estimate of drug-likeness (QED) is 0.428. The molecule has 4 saturated heterocycles. The van der Waals surface area contributed by atoms with Crippen molar-refractivity contribution >= 4 is 23.1 Å². The molecule has 230 valence electrons. The van der Waals surface area contributed by atoms with Crippen molar-refractivity contribution in [1.82, 2.24) is 34.6 Å². The Morgan fingerprint density at radius 2 is 1.98 bits per heavy atom. The van der Waals surface area contributed by atoms with Crippen molar-refractivity contribution in [2.45, 2.75) is 69.6 Å². The van der Waals surface area contributed by atoms with Crippen LogP contribution >= 0.6 is 0 Å². The van der Waals surface area contributed by atoms with Crippen LogP contribution in [0.3, 0.4) is 0 Å². The van der Waals surface area contributed by atoms with Gasteiger partial charge in [-0.2, -0.15) is 10.2 Å². The standard InChI is InChI=1S/C30H39F2N9O2/c31-27(32)26-24(15-41(37-26)20-3-1-19(2-4-20)13-38-9-6-30(7-10-38)17-33-18-30)35-29(42)23-12-34-40-8-5-25(36-28(23)40)39-14-22-11-21(39)16-43-22/h5,8,12,15,19-22,27,33H,1-4,6-7,9-11,13-14,16-18H2,(H,35,42)/t19-,20-,21-,22-/m1/s1. The number of halogens is 2. The van der Waals surface area contributed by atoms with Gasteiger partial charge in [-0.05, 0) is 75.4 Å². The molecule has 5 aliphatic rings. The number of ether oxygens (including phenoxy) is 1. The highest BCUT2D eigenvalue weighted by molar-refractivity contribution is 6.08. The molecule has 1 aliphatic carbocycles. The third kappa shape index (κ3) is 5.08. The average molecular weight is 596 g/mol. The molecule has 13 heteroatoms. The molecule has 2 atom stereocenters. The monoisotopic (exact) mass is 595 g/mol. The van der Waals surface area contributed by atoms with E-state index in [-0.39, 0.29) is 29.4 Å². The third-order valence-corrected chi connectivity index (χ3v) is 10.6. The molecule has 1 spiro atoms. The van der Waals surface area contributed by atoms with Crippen molar-refractivity contribution in [2.75, 3.05) is 56.1 Å². The van der Waals surface area contributed by atoms with E-state index >= 15 is 0 Å². The van der Waals surface area contributed by atoms with Crippen LogP contribution in [0.25, 0.3) is 5.65 Å². The Hall–Kier alpha value is -3.16. The summed E-state index contributed by atoms with van der Waals surface area (Å²) in [4.78, 5) is 22.9. The number of likely N-dealkylation sites (tertiary alicyclic amines) is 1. The Balaban J connectivity index is 0.926. The minimum Gasteiger partial charge on any atom is -0.374 e. The Bertz CT molecular complexity index is 1490. The molecule has 5 fully saturated rings. The number of alkyl halides is 2. The first-order valence-corrected chi connectivity index (χ1v) is 15.8. The van der Waals surface area contributed by atoms with E-state index in [1.54, 1.807) is 17.1 Å². The van der Waals surface area contributed by atoms with Crippen LogP contribution in [0.4, 0.5) is 20.3 Å². The number of nitrogens with one attached hydrogen (secondary N) is 2. The number of rotatable bonds is 7. The van der Waals surface area contributed by atoms with E-state index < -0.39 is 18.0 Å². The molecule has 3 aromatic heterocycles. The maximum atomic E-state index is 14.1. The third-order valence-electron chi connectivity index (χ3n) is 10.6. The van der Waals surface area contributed by atoms with Gasteiger partial charge in [0.25, 0.3) is 12.3 Å². The molecule has 43 heavy (non-hydrogen) atoms. The summed E-state index contributed by atoms with van der Waals surface area (Å²) in [5, 5.41) is 14.7. The van der Waals surface area contributed by atoms with E-state index in [2.05, 4.69) is 30.6 Å². The maximum Gasteiger partial charge on any atom is 0.284 e. The number of carbonyl (C=O) groups is 1. The van der Waals surface area contributed by atoms with Gasteiger partial charge >= 0.3 is 0 Å². The molecule has 3 aromatic rings. The van der Waals surface area contributed by atoms with Gasteiger partial charge in [-0.3, -0.25) is 9.48 Å². The lowest BCUT2D eigenvalue weighted by atomic mass is 9.73. The van der Waals surface area contributed by atoms with Gasteiger partial charge in [-0.1, -0.05) is 0 Å². The number of fused-ring (bicyclic) bond motifs is 3. The average Bonchev–Trinajstić information content (AvgIpc) is 3.80. The number of amides is 1. The molecule has 4 aliphatic heterocycles. The van der Waals surface area contributed by atoms with Gasteiger partial charge in [0, 0.05) is 38.6 Å². The maximum absolute atomic E-state index is 14.1. The summed E-state index contributed by atoms with van der Waals surface area (Å²) in [6.45, 7) is 7.26. The van der Waals surface area contributed by atoms with E-state index in [9.17, 15) is 13.6 Å². The van der Waals surface area contributed by atoms with Crippen LogP contribution < -0.4 is 15.5 Å². The number of hydrogen-bond donors (Lipinski definition) is 2. The zero-order chi connectivity index (χ0) is 29.1. The van der Waals surface area contributed by atoms with Crippen molar-refractivity contribution < 1.29 is 18.3 Å². The predicted octanol–water partition coefficient (Wildman–Crippen LogP) is 3.51. The SMILES string of the molecule is O=C(Nc1cn([C@H]2CC[C@H](CN3CCC4(CC3)CNC4)CC2)nc1C(F)F)c1cnn2ccc(N3C[C@H]4C[C@@H]3CO4)nc12. The van der Waals surface area contributed by atoms with E-state index in [4.69, 9.17) is 9.72 Å². The van der Waals surface area contributed by atoms with Crippen molar-refractivity contribution in [1.29, 1.82) is 0 Å². The highest BCUT2D eigenvalue weighted by atomic mass is 19.3. The second-order valence-electron chi connectivity index (χ2n) is 13.4. The summed E-state index contributed by atoms with van der Waals surface area (Å²) in [6.07, 6.45) is 9.64. The highest BCUT2D eigenvalue weighted by Gasteiger charge is 2.41. The van der Waals surface area contributed by atoms with Crippen LogP contribution in [0.1, 0.15) is 73.5 Å². The highest BCUT2D eigenvalue weighted by Crippen LogP contribution is 2.38. The summed E-state index contributed by atoms with van der Waals surface area (Å²) in [7, 11) is 0.